The van der Waals surface area contributed by atoms with Gasteiger partial charge in [0, 0.05) is 22.0 Å². The zero-order chi connectivity index (χ0) is 20.5. The highest BCUT2D eigenvalue weighted by atomic mass is 79.9. The Hall–Kier alpha value is -2.33. The molecule has 4 rings (SSSR count). The standard InChI is InChI=1S/C25H25BrO3/c1-15-16(2)29-23(13-17-7-10-20(26)11-8-17)24(15)25(28)19-9-12-22(27)21(14-19)18-5-3-4-6-18/h7-12,14,18,27H,3-6,13H2,1-2H3. The average molecular weight is 453 g/mol. The van der Waals surface area contributed by atoms with Crippen molar-refractivity contribution in [2.24, 2.45) is 0 Å². The van der Waals surface area contributed by atoms with Gasteiger partial charge in [0.25, 0.3) is 0 Å². The molecule has 0 spiro atoms. The number of furan rings is 1. The monoisotopic (exact) mass is 452 g/mol. The minimum Gasteiger partial charge on any atom is -0.508 e. The number of phenols is 1. The van der Waals surface area contributed by atoms with Crippen LogP contribution in [-0.2, 0) is 6.42 Å². The first-order valence-corrected chi connectivity index (χ1v) is 10.9. The summed E-state index contributed by atoms with van der Waals surface area (Å²) in [5.74, 6) is 2.07. The van der Waals surface area contributed by atoms with Gasteiger partial charge in [-0.3, -0.25) is 4.79 Å². The van der Waals surface area contributed by atoms with E-state index in [2.05, 4.69) is 15.9 Å². The number of aromatic hydroxyl groups is 1. The van der Waals surface area contributed by atoms with Crippen LogP contribution in [0, 0.1) is 13.8 Å². The van der Waals surface area contributed by atoms with E-state index in [-0.39, 0.29) is 5.78 Å². The lowest BCUT2D eigenvalue weighted by Crippen LogP contribution is -2.07. The SMILES string of the molecule is Cc1oc(Cc2ccc(Br)cc2)c(C(=O)c2ccc(O)c(C3CCCC3)c2)c1C. The van der Waals surface area contributed by atoms with E-state index in [0.29, 0.717) is 35.0 Å². The summed E-state index contributed by atoms with van der Waals surface area (Å²) in [4.78, 5) is 13.5. The van der Waals surface area contributed by atoms with Crippen molar-refractivity contribution in [1.82, 2.24) is 0 Å². The summed E-state index contributed by atoms with van der Waals surface area (Å²) in [6, 6.07) is 13.3. The maximum Gasteiger partial charge on any atom is 0.196 e. The third-order valence-corrected chi connectivity index (χ3v) is 6.58. The van der Waals surface area contributed by atoms with Crippen molar-refractivity contribution in [2.75, 3.05) is 0 Å². The molecule has 0 bridgehead atoms. The van der Waals surface area contributed by atoms with E-state index < -0.39 is 0 Å². The van der Waals surface area contributed by atoms with Crippen LogP contribution in [0.5, 0.6) is 5.75 Å². The number of halogens is 1. The van der Waals surface area contributed by atoms with E-state index in [0.717, 1.165) is 39.8 Å². The zero-order valence-corrected chi connectivity index (χ0v) is 18.4. The molecule has 1 aliphatic carbocycles. The van der Waals surface area contributed by atoms with Crippen LogP contribution in [0.1, 0.15) is 75.7 Å². The summed E-state index contributed by atoms with van der Waals surface area (Å²) >= 11 is 3.46. The van der Waals surface area contributed by atoms with Gasteiger partial charge < -0.3 is 9.52 Å². The number of phenolic OH excluding ortho intramolecular Hbond substituents is 1. The molecule has 0 radical (unpaired) electrons. The third kappa shape index (κ3) is 4.04. The molecule has 150 valence electrons. The maximum atomic E-state index is 13.5. The molecule has 1 aliphatic rings. The Bertz CT molecular complexity index is 1040. The first-order chi connectivity index (χ1) is 13.9. The third-order valence-electron chi connectivity index (χ3n) is 6.05. The summed E-state index contributed by atoms with van der Waals surface area (Å²) in [7, 11) is 0. The van der Waals surface area contributed by atoms with E-state index in [1.807, 2.05) is 44.2 Å². The minimum atomic E-state index is -0.0364. The van der Waals surface area contributed by atoms with Crippen LogP contribution < -0.4 is 0 Å². The molecule has 0 aliphatic heterocycles. The number of hydrogen-bond acceptors (Lipinski definition) is 3. The van der Waals surface area contributed by atoms with Gasteiger partial charge in [0.15, 0.2) is 5.78 Å². The van der Waals surface area contributed by atoms with E-state index in [1.54, 1.807) is 12.1 Å². The van der Waals surface area contributed by atoms with Crippen molar-refractivity contribution < 1.29 is 14.3 Å². The van der Waals surface area contributed by atoms with Crippen LogP contribution in [0.15, 0.2) is 51.4 Å². The Kier molecular flexibility index (Phi) is 5.64. The first kappa shape index (κ1) is 20.0. The normalized spacial score (nSPS) is 14.4. The van der Waals surface area contributed by atoms with Crippen molar-refractivity contribution in [1.29, 1.82) is 0 Å². The smallest absolute Gasteiger partial charge is 0.196 e. The predicted octanol–water partition coefficient (Wildman–Crippen LogP) is 6.84. The van der Waals surface area contributed by atoms with Gasteiger partial charge in [-0.25, -0.2) is 0 Å². The molecule has 29 heavy (non-hydrogen) atoms. The molecule has 1 fully saturated rings. The van der Waals surface area contributed by atoms with E-state index >= 15 is 0 Å². The van der Waals surface area contributed by atoms with Crippen LogP contribution in [0.25, 0.3) is 0 Å². The molecule has 0 saturated heterocycles. The molecule has 0 unspecified atom stereocenters. The van der Waals surface area contributed by atoms with Gasteiger partial charge in [-0.05, 0) is 74.1 Å². The van der Waals surface area contributed by atoms with Gasteiger partial charge >= 0.3 is 0 Å². The van der Waals surface area contributed by atoms with Crippen LogP contribution in [0.2, 0.25) is 0 Å². The predicted molar refractivity (Wildman–Crippen MR) is 118 cm³/mol. The molecule has 1 saturated carbocycles. The van der Waals surface area contributed by atoms with Crippen molar-refractivity contribution >= 4 is 21.7 Å². The summed E-state index contributed by atoms with van der Waals surface area (Å²) in [5.41, 5.74) is 4.14. The van der Waals surface area contributed by atoms with Crippen LogP contribution in [-0.4, -0.2) is 10.9 Å². The second-order valence-corrected chi connectivity index (χ2v) is 8.88. The van der Waals surface area contributed by atoms with E-state index in [9.17, 15) is 9.90 Å². The summed E-state index contributed by atoms with van der Waals surface area (Å²) < 4.78 is 7.02. The molecule has 0 atom stereocenters. The molecule has 2 aromatic carbocycles. The van der Waals surface area contributed by atoms with Gasteiger partial charge in [0.1, 0.15) is 17.3 Å². The molecule has 3 nitrogen and oxygen atoms in total. The number of carbonyl (C=O) groups excluding carboxylic acids is 1. The molecule has 1 N–H and O–H groups in total. The molecule has 0 amide bonds. The first-order valence-electron chi connectivity index (χ1n) is 10.1. The Labute approximate surface area is 179 Å². The lowest BCUT2D eigenvalue weighted by atomic mass is 9.91. The van der Waals surface area contributed by atoms with Gasteiger partial charge in [-0.2, -0.15) is 0 Å². The van der Waals surface area contributed by atoms with Gasteiger partial charge in [-0.1, -0.05) is 40.9 Å². The Balaban J connectivity index is 1.70. The van der Waals surface area contributed by atoms with Crippen LogP contribution >= 0.6 is 15.9 Å². The fourth-order valence-electron chi connectivity index (χ4n) is 4.31. The average Bonchev–Trinajstić information content (AvgIpc) is 3.33. The number of hydrogen-bond donors (Lipinski definition) is 1. The van der Waals surface area contributed by atoms with Crippen LogP contribution in [0.4, 0.5) is 0 Å². The molecular weight excluding hydrogens is 428 g/mol. The van der Waals surface area contributed by atoms with Gasteiger partial charge in [-0.15, -0.1) is 0 Å². The zero-order valence-electron chi connectivity index (χ0n) is 16.8. The highest BCUT2D eigenvalue weighted by Gasteiger charge is 2.25. The highest BCUT2D eigenvalue weighted by Crippen LogP contribution is 2.39. The number of aryl methyl sites for hydroxylation is 1. The fraction of sp³-hybridized carbons (Fsp3) is 0.320. The summed E-state index contributed by atoms with van der Waals surface area (Å²) in [6.07, 6.45) is 5.07. The second kappa shape index (κ2) is 8.19. The number of ketones is 1. The second-order valence-electron chi connectivity index (χ2n) is 7.97. The molecular formula is C25H25BrO3. The van der Waals surface area contributed by atoms with E-state index in [1.165, 1.54) is 12.8 Å². The number of carbonyl (C=O) groups is 1. The Morgan fingerprint density at radius 1 is 1.10 bits per heavy atom. The van der Waals surface area contributed by atoms with Crippen molar-refractivity contribution in [3.63, 3.8) is 0 Å². The topological polar surface area (TPSA) is 50.4 Å². The van der Waals surface area contributed by atoms with Crippen molar-refractivity contribution in [3.8, 4) is 5.75 Å². The number of rotatable bonds is 5. The van der Waals surface area contributed by atoms with Gasteiger partial charge in [0.05, 0.1) is 5.56 Å². The largest absolute Gasteiger partial charge is 0.508 e. The van der Waals surface area contributed by atoms with Crippen molar-refractivity contribution in [3.05, 3.63) is 86.3 Å². The lowest BCUT2D eigenvalue weighted by Gasteiger charge is -2.13. The maximum absolute atomic E-state index is 13.5. The highest BCUT2D eigenvalue weighted by molar-refractivity contribution is 9.10. The molecule has 3 aromatic rings. The Morgan fingerprint density at radius 3 is 2.48 bits per heavy atom. The molecule has 1 heterocycles. The van der Waals surface area contributed by atoms with Gasteiger partial charge in [0.2, 0.25) is 0 Å². The molecule has 1 aromatic heterocycles. The van der Waals surface area contributed by atoms with Crippen molar-refractivity contribution in [2.45, 2.75) is 51.9 Å². The number of benzene rings is 2. The lowest BCUT2D eigenvalue weighted by molar-refractivity contribution is 0.103. The fourth-order valence-corrected chi connectivity index (χ4v) is 4.57. The van der Waals surface area contributed by atoms with Crippen LogP contribution in [0.3, 0.4) is 0 Å². The quantitative estimate of drug-likeness (QED) is 0.430. The molecule has 4 heteroatoms. The Morgan fingerprint density at radius 2 is 1.79 bits per heavy atom. The minimum absolute atomic E-state index is 0.0364. The summed E-state index contributed by atoms with van der Waals surface area (Å²) in [6.45, 7) is 3.84. The van der Waals surface area contributed by atoms with E-state index in [4.69, 9.17) is 4.42 Å². The summed E-state index contributed by atoms with van der Waals surface area (Å²) in [5, 5.41) is 10.3.